The van der Waals surface area contributed by atoms with Crippen LogP contribution in [0.25, 0.3) is 0 Å². The summed E-state index contributed by atoms with van der Waals surface area (Å²) in [7, 11) is 2.21. The molecule has 0 aliphatic carbocycles. The number of hydrogen-bond acceptors (Lipinski definition) is 5. The van der Waals surface area contributed by atoms with Crippen LogP contribution in [-0.4, -0.2) is 53.9 Å². The molecule has 0 bridgehead atoms. The van der Waals surface area contributed by atoms with E-state index >= 15 is 0 Å². The zero-order chi connectivity index (χ0) is 15.2. The molecule has 1 N–H and O–H groups in total. The average molecular weight is 291 g/mol. The lowest BCUT2D eigenvalue weighted by atomic mass is 10.2. The molecule has 0 amide bonds. The number of likely N-dealkylation sites (N-methyl/N-ethyl adjacent to an activating group) is 1. The molecule has 1 aliphatic heterocycles. The van der Waals surface area contributed by atoms with Crippen LogP contribution < -0.4 is 10.2 Å². The maximum absolute atomic E-state index is 4.46. The second-order valence-electron chi connectivity index (χ2n) is 6.29. The summed E-state index contributed by atoms with van der Waals surface area (Å²) in [5, 5.41) is 12.2. The van der Waals surface area contributed by atoms with Crippen molar-refractivity contribution in [2.75, 3.05) is 31.6 Å². The van der Waals surface area contributed by atoms with Crippen LogP contribution in [0.4, 0.5) is 5.82 Å². The molecule has 1 aromatic rings. The summed E-state index contributed by atoms with van der Waals surface area (Å²) >= 11 is 0. The van der Waals surface area contributed by atoms with Gasteiger partial charge in [-0.1, -0.05) is 20.8 Å². The van der Waals surface area contributed by atoms with Crippen molar-refractivity contribution in [3.63, 3.8) is 0 Å². The molecule has 5 heteroatoms. The molecule has 5 nitrogen and oxygen atoms in total. The van der Waals surface area contributed by atoms with Crippen LogP contribution >= 0.6 is 0 Å². The minimum atomic E-state index is 0.470. The molecule has 118 valence electrons. The van der Waals surface area contributed by atoms with E-state index in [2.05, 4.69) is 65.3 Å². The second kappa shape index (κ2) is 7.71. The molecular weight excluding hydrogens is 262 g/mol. The molecule has 1 saturated heterocycles. The van der Waals surface area contributed by atoms with Crippen LogP contribution in [0.5, 0.6) is 0 Å². The van der Waals surface area contributed by atoms with Crippen LogP contribution in [0, 0.1) is 0 Å². The Morgan fingerprint density at radius 1 is 1.29 bits per heavy atom. The molecule has 0 spiro atoms. The third kappa shape index (κ3) is 4.64. The van der Waals surface area contributed by atoms with Crippen molar-refractivity contribution in [2.45, 2.75) is 52.2 Å². The van der Waals surface area contributed by atoms with Gasteiger partial charge in [-0.25, -0.2) is 0 Å². The molecule has 1 aromatic heterocycles. The standard InChI is InChI=1S/C16H29N5/c1-5-15-12-20(4)9-6-10-21(15)16-8-7-14(18-19-16)11-17-13(2)3/h7-8,13,15,17H,5-6,9-12H2,1-4H3. The maximum Gasteiger partial charge on any atom is 0.151 e. The van der Waals surface area contributed by atoms with Crippen molar-refractivity contribution in [1.29, 1.82) is 0 Å². The Bertz CT molecular complexity index is 417. The first-order chi connectivity index (χ1) is 10.1. The monoisotopic (exact) mass is 291 g/mol. The molecule has 2 rings (SSSR count). The van der Waals surface area contributed by atoms with Gasteiger partial charge in [-0.05, 0) is 38.6 Å². The number of anilines is 1. The first kappa shape index (κ1) is 16.2. The van der Waals surface area contributed by atoms with Gasteiger partial charge in [-0.3, -0.25) is 0 Å². The van der Waals surface area contributed by atoms with Gasteiger partial charge in [0.15, 0.2) is 5.82 Å². The Labute approximate surface area is 128 Å². The van der Waals surface area contributed by atoms with Crippen LogP contribution in [0.1, 0.15) is 39.3 Å². The lowest BCUT2D eigenvalue weighted by molar-refractivity contribution is 0.327. The zero-order valence-corrected chi connectivity index (χ0v) is 13.8. The lowest BCUT2D eigenvalue weighted by Crippen LogP contribution is -2.40. The highest BCUT2D eigenvalue weighted by Crippen LogP contribution is 2.19. The summed E-state index contributed by atoms with van der Waals surface area (Å²) < 4.78 is 0. The summed E-state index contributed by atoms with van der Waals surface area (Å²) in [6.45, 7) is 10.7. The van der Waals surface area contributed by atoms with E-state index in [-0.39, 0.29) is 0 Å². The zero-order valence-electron chi connectivity index (χ0n) is 13.8. The fourth-order valence-corrected chi connectivity index (χ4v) is 2.80. The molecule has 21 heavy (non-hydrogen) atoms. The van der Waals surface area contributed by atoms with Gasteiger partial charge in [0.1, 0.15) is 0 Å². The van der Waals surface area contributed by atoms with Gasteiger partial charge in [-0.15, -0.1) is 5.10 Å². The van der Waals surface area contributed by atoms with E-state index in [1.165, 1.54) is 6.42 Å². The predicted molar refractivity (Wildman–Crippen MR) is 87.5 cm³/mol. The first-order valence-electron chi connectivity index (χ1n) is 8.11. The highest BCUT2D eigenvalue weighted by atomic mass is 15.3. The molecule has 1 fully saturated rings. The Hall–Kier alpha value is -1.20. The van der Waals surface area contributed by atoms with Gasteiger partial charge >= 0.3 is 0 Å². The number of rotatable bonds is 5. The molecule has 0 saturated carbocycles. The van der Waals surface area contributed by atoms with Gasteiger partial charge < -0.3 is 15.1 Å². The summed E-state index contributed by atoms with van der Waals surface area (Å²) in [6, 6.07) is 5.22. The Morgan fingerprint density at radius 2 is 2.10 bits per heavy atom. The highest BCUT2D eigenvalue weighted by molar-refractivity contribution is 5.39. The van der Waals surface area contributed by atoms with E-state index in [0.29, 0.717) is 12.1 Å². The van der Waals surface area contributed by atoms with Crippen LogP contribution in [-0.2, 0) is 6.54 Å². The van der Waals surface area contributed by atoms with Crippen LogP contribution in [0.2, 0.25) is 0 Å². The molecule has 1 atom stereocenters. The quantitative estimate of drug-likeness (QED) is 0.897. The van der Waals surface area contributed by atoms with Crippen LogP contribution in [0.3, 0.4) is 0 Å². The van der Waals surface area contributed by atoms with Gasteiger partial charge in [0, 0.05) is 31.7 Å². The molecular formula is C16H29N5. The van der Waals surface area contributed by atoms with Crippen molar-refractivity contribution in [3.8, 4) is 0 Å². The topological polar surface area (TPSA) is 44.3 Å². The Morgan fingerprint density at radius 3 is 2.71 bits per heavy atom. The van der Waals surface area contributed by atoms with Gasteiger partial charge in [0.25, 0.3) is 0 Å². The molecule has 1 unspecified atom stereocenters. The molecule has 0 aromatic carbocycles. The SMILES string of the molecule is CCC1CN(C)CCCN1c1ccc(CNC(C)C)nn1. The second-order valence-corrected chi connectivity index (χ2v) is 6.29. The summed E-state index contributed by atoms with van der Waals surface area (Å²) in [4.78, 5) is 4.85. The predicted octanol–water partition coefficient (Wildman–Crippen LogP) is 1.90. The molecule has 0 radical (unpaired) electrons. The van der Waals surface area contributed by atoms with Crippen molar-refractivity contribution in [3.05, 3.63) is 17.8 Å². The van der Waals surface area contributed by atoms with E-state index in [0.717, 1.165) is 44.1 Å². The summed E-state index contributed by atoms with van der Waals surface area (Å²) in [5.41, 5.74) is 1.01. The van der Waals surface area contributed by atoms with E-state index in [4.69, 9.17) is 0 Å². The van der Waals surface area contributed by atoms with E-state index in [1.807, 2.05) is 0 Å². The third-order valence-electron chi connectivity index (χ3n) is 4.06. The highest BCUT2D eigenvalue weighted by Gasteiger charge is 2.23. The smallest absolute Gasteiger partial charge is 0.151 e. The summed E-state index contributed by atoms with van der Waals surface area (Å²) in [6.07, 6.45) is 2.33. The maximum atomic E-state index is 4.46. The van der Waals surface area contributed by atoms with Gasteiger partial charge in [-0.2, -0.15) is 5.10 Å². The minimum absolute atomic E-state index is 0.470. The van der Waals surface area contributed by atoms with E-state index < -0.39 is 0 Å². The number of aromatic nitrogens is 2. The fourth-order valence-electron chi connectivity index (χ4n) is 2.80. The first-order valence-corrected chi connectivity index (χ1v) is 8.11. The number of nitrogens with zero attached hydrogens (tertiary/aromatic N) is 4. The molecule has 2 heterocycles. The Kier molecular flexibility index (Phi) is 5.94. The number of hydrogen-bond donors (Lipinski definition) is 1. The van der Waals surface area contributed by atoms with E-state index in [9.17, 15) is 0 Å². The molecule has 1 aliphatic rings. The minimum Gasteiger partial charge on any atom is -0.351 e. The summed E-state index contributed by atoms with van der Waals surface area (Å²) in [5.74, 6) is 1.02. The van der Waals surface area contributed by atoms with Crippen molar-refractivity contribution < 1.29 is 0 Å². The third-order valence-corrected chi connectivity index (χ3v) is 4.06. The number of nitrogens with one attached hydrogen (secondary N) is 1. The van der Waals surface area contributed by atoms with Gasteiger partial charge in [0.2, 0.25) is 0 Å². The van der Waals surface area contributed by atoms with Crippen molar-refractivity contribution in [1.82, 2.24) is 20.4 Å². The lowest BCUT2D eigenvalue weighted by Gasteiger charge is -2.30. The van der Waals surface area contributed by atoms with Gasteiger partial charge in [0.05, 0.1) is 5.69 Å². The Balaban J connectivity index is 2.05. The van der Waals surface area contributed by atoms with Crippen LogP contribution in [0.15, 0.2) is 12.1 Å². The average Bonchev–Trinajstić information content (AvgIpc) is 2.67. The van der Waals surface area contributed by atoms with Crippen molar-refractivity contribution in [2.24, 2.45) is 0 Å². The van der Waals surface area contributed by atoms with E-state index in [1.54, 1.807) is 0 Å². The normalized spacial score (nSPS) is 20.8. The largest absolute Gasteiger partial charge is 0.351 e. The fraction of sp³-hybridized carbons (Fsp3) is 0.750. The van der Waals surface area contributed by atoms with Crippen molar-refractivity contribution >= 4 is 5.82 Å².